The van der Waals surface area contributed by atoms with Crippen LogP contribution >= 0.6 is 35.4 Å². The highest BCUT2D eigenvalue weighted by atomic mass is 35.5. The number of thiocarbonyl (C=S) groups is 1. The summed E-state index contributed by atoms with van der Waals surface area (Å²) >= 11 is 16.7. The largest absolute Gasteiger partial charge is 0.332 e. The predicted octanol–water partition coefficient (Wildman–Crippen LogP) is 4.71. The van der Waals surface area contributed by atoms with E-state index in [1.54, 1.807) is 30.3 Å². The summed E-state index contributed by atoms with van der Waals surface area (Å²) in [6.07, 6.45) is 0. The first-order valence-electron chi connectivity index (χ1n) is 5.73. The van der Waals surface area contributed by atoms with Crippen molar-refractivity contribution in [2.24, 2.45) is 0 Å². The Morgan fingerprint density at radius 1 is 1.10 bits per heavy atom. The lowest BCUT2D eigenvalue weighted by Crippen LogP contribution is -2.19. The minimum absolute atomic E-state index is 0.0688. The van der Waals surface area contributed by atoms with Crippen LogP contribution in [0.3, 0.4) is 0 Å². The van der Waals surface area contributed by atoms with Crippen LogP contribution in [0.2, 0.25) is 10.0 Å². The Morgan fingerprint density at radius 2 is 1.76 bits per heavy atom. The van der Waals surface area contributed by atoms with Crippen LogP contribution in [0.15, 0.2) is 42.5 Å². The summed E-state index contributed by atoms with van der Waals surface area (Å²) in [6, 6.07) is 11.4. The number of hydrogen-bond acceptors (Lipinski definition) is 3. The molecule has 0 bridgehead atoms. The molecule has 0 atom stereocenters. The van der Waals surface area contributed by atoms with E-state index in [1.165, 1.54) is 12.1 Å². The summed E-state index contributed by atoms with van der Waals surface area (Å²) in [4.78, 5) is 10.3. The molecule has 0 aliphatic rings. The molecule has 0 saturated carbocycles. The summed E-state index contributed by atoms with van der Waals surface area (Å²) in [5.41, 5.74) is 0.987. The van der Waals surface area contributed by atoms with Gasteiger partial charge in [0, 0.05) is 22.5 Å². The molecule has 21 heavy (non-hydrogen) atoms. The van der Waals surface area contributed by atoms with Crippen molar-refractivity contribution in [1.29, 1.82) is 0 Å². The van der Waals surface area contributed by atoms with Gasteiger partial charge < -0.3 is 10.6 Å². The van der Waals surface area contributed by atoms with E-state index in [0.717, 1.165) is 0 Å². The minimum atomic E-state index is -0.555. The maximum atomic E-state index is 10.8. The van der Waals surface area contributed by atoms with Crippen molar-refractivity contribution in [3.8, 4) is 0 Å². The van der Waals surface area contributed by atoms with Gasteiger partial charge in [-0.05, 0) is 42.5 Å². The maximum absolute atomic E-state index is 10.8. The Morgan fingerprint density at radius 3 is 2.38 bits per heavy atom. The SMILES string of the molecule is O=[N+]([O-])c1cc(NC(=S)Nc2cccc(Cl)c2)ccc1Cl. The Hall–Kier alpha value is -1.89. The fourth-order valence-corrected chi connectivity index (χ4v) is 2.20. The normalized spacial score (nSPS) is 10.0. The predicted molar refractivity (Wildman–Crippen MR) is 89.4 cm³/mol. The number of anilines is 2. The summed E-state index contributed by atoms with van der Waals surface area (Å²) in [5, 5.41) is 17.5. The van der Waals surface area contributed by atoms with E-state index in [4.69, 9.17) is 35.4 Å². The second-order valence-electron chi connectivity index (χ2n) is 4.01. The Labute approximate surface area is 136 Å². The number of nitro benzene ring substituents is 1. The zero-order valence-corrected chi connectivity index (χ0v) is 12.8. The molecule has 0 radical (unpaired) electrons. The fourth-order valence-electron chi connectivity index (χ4n) is 1.59. The molecule has 0 unspecified atom stereocenters. The number of nitro groups is 1. The molecule has 0 spiro atoms. The van der Waals surface area contributed by atoms with Crippen molar-refractivity contribution >= 4 is 57.6 Å². The summed E-state index contributed by atoms with van der Waals surface area (Å²) in [5.74, 6) is 0. The lowest BCUT2D eigenvalue weighted by Gasteiger charge is -2.10. The molecule has 2 aromatic rings. The lowest BCUT2D eigenvalue weighted by molar-refractivity contribution is -0.384. The zero-order chi connectivity index (χ0) is 15.4. The molecule has 2 rings (SSSR count). The minimum Gasteiger partial charge on any atom is -0.332 e. The molecule has 2 aromatic carbocycles. The molecule has 2 N–H and O–H groups in total. The Balaban J connectivity index is 2.09. The topological polar surface area (TPSA) is 67.2 Å². The van der Waals surface area contributed by atoms with Gasteiger partial charge in [0.05, 0.1) is 4.92 Å². The highest BCUT2D eigenvalue weighted by Gasteiger charge is 2.13. The van der Waals surface area contributed by atoms with Gasteiger partial charge in [-0.15, -0.1) is 0 Å². The molecule has 5 nitrogen and oxygen atoms in total. The molecule has 0 amide bonds. The number of hydrogen-bond donors (Lipinski definition) is 2. The average molecular weight is 342 g/mol. The molecule has 0 aromatic heterocycles. The average Bonchev–Trinajstić information content (AvgIpc) is 2.40. The number of nitrogens with zero attached hydrogens (tertiary/aromatic N) is 1. The Kier molecular flexibility index (Phi) is 4.95. The standard InChI is InChI=1S/C13H9Cl2N3O2S/c14-8-2-1-3-9(6-8)16-13(21)17-10-4-5-11(15)12(7-10)18(19)20/h1-7H,(H2,16,17,21). The van der Waals surface area contributed by atoms with Crippen molar-refractivity contribution in [2.75, 3.05) is 10.6 Å². The van der Waals surface area contributed by atoms with Crippen LogP contribution in [-0.4, -0.2) is 10.0 Å². The summed E-state index contributed by atoms with van der Waals surface area (Å²) in [7, 11) is 0. The van der Waals surface area contributed by atoms with Gasteiger partial charge in [0.15, 0.2) is 5.11 Å². The highest BCUT2D eigenvalue weighted by molar-refractivity contribution is 7.80. The number of benzene rings is 2. The van der Waals surface area contributed by atoms with Gasteiger partial charge in [-0.3, -0.25) is 10.1 Å². The van der Waals surface area contributed by atoms with Crippen LogP contribution in [0.4, 0.5) is 17.1 Å². The van der Waals surface area contributed by atoms with Crippen LogP contribution < -0.4 is 10.6 Å². The van der Waals surface area contributed by atoms with Crippen LogP contribution in [0.1, 0.15) is 0 Å². The van der Waals surface area contributed by atoms with Crippen LogP contribution in [0.25, 0.3) is 0 Å². The molecule has 108 valence electrons. The van der Waals surface area contributed by atoms with E-state index in [0.29, 0.717) is 16.4 Å². The molecule has 0 aliphatic carbocycles. The van der Waals surface area contributed by atoms with Crippen molar-refractivity contribution in [3.05, 3.63) is 62.6 Å². The van der Waals surface area contributed by atoms with Crippen molar-refractivity contribution in [1.82, 2.24) is 0 Å². The maximum Gasteiger partial charge on any atom is 0.289 e. The van der Waals surface area contributed by atoms with Crippen molar-refractivity contribution in [2.45, 2.75) is 0 Å². The van der Waals surface area contributed by atoms with Gasteiger partial charge in [0.1, 0.15) is 5.02 Å². The van der Waals surface area contributed by atoms with Crippen LogP contribution in [0.5, 0.6) is 0 Å². The first-order chi connectivity index (χ1) is 9.95. The van der Waals surface area contributed by atoms with Crippen molar-refractivity contribution in [3.63, 3.8) is 0 Å². The third kappa shape index (κ3) is 4.29. The van der Waals surface area contributed by atoms with Crippen LogP contribution in [0, 0.1) is 10.1 Å². The number of rotatable bonds is 3. The third-order valence-corrected chi connectivity index (χ3v) is 3.24. The Bertz CT molecular complexity index is 710. The quantitative estimate of drug-likeness (QED) is 0.480. The summed E-state index contributed by atoms with van der Waals surface area (Å²) in [6.45, 7) is 0. The number of halogens is 2. The lowest BCUT2D eigenvalue weighted by atomic mass is 10.3. The second kappa shape index (κ2) is 6.71. The number of nitrogens with one attached hydrogen (secondary N) is 2. The van der Waals surface area contributed by atoms with Crippen molar-refractivity contribution < 1.29 is 4.92 Å². The summed E-state index contributed by atoms with van der Waals surface area (Å²) < 4.78 is 0. The fraction of sp³-hybridized carbons (Fsp3) is 0. The van der Waals surface area contributed by atoms with Gasteiger partial charge in [0.25, 0.3) is 5.69 Å². The molecular weight excluding hydrogens is 333 g/mol. The van der Waals surface area contributed by atoms with Gasteiger partial charge >= 0.3 is 0 Å². The third-order valence-electron chi connectivity index (χ3n) is 2.48. The van der Waals surface area contributed by atoms with E-state index in [9.17, 15) is 10.1 Å². The van der Waals surface area contributed by atoms with Crippen LogP contribution in [-0.2, 0) is 0 Å². The molecule has 8 heteroatoms. The monoisotopic (exact) mass is 341 g/mol. The van der Waals surface area contributed by atoms with E-state index in [-0.39, 0.29) is 15.8 Å². The van der Waals surface area contributed by atoms with E-state index < -0.39 is 4.92 Å². The molecule has 0 fully saturated rings. The first-order valence-corrected chi connectivity index (χ1v) is 6.89. The molecule has 0 aliphatic heterocycles. The van der Waals surface area contributed by atoms with Gasteiger partial charge in [-0.2, -0.15) is 0 Å². The molecule has 0 heterocycles. The van der Waals surface area contributed by atoms with E-state index in [2.05, 4.69) is 10.6 Å². The second-order valence-corrected chi connectivity index (χ2v) is 5.26. The first kappa shape index (κ1) is 15.5. The van der Waals surface area contributed by atoms with E-state index in [1.807, 2.05) is 0 Å². The van der Waals surface area contributed by atoms with Gasteiger partial charge in [-0.25, -0.2) is 0 Å². The molecular formula is C13H9Cl2N3O2S. The highest BCUT2D eigenvalue weighted by Crippen LogP contribution is 2.27. The van der Waals surface area contributed by atoms with E-state index >= 15 is 0 Å². The zero-order valence-electron chi connectivity index (χ0n) is 10.5. The molecule has 0 saturated heterocycles. The smallest absolute Gasteiger partial charge is 0.289 e. The van der Waals surface area contributed by atoms with Gasteiger partial charge in [0.2, 0.25) is 0 Å². The van der Waals surface area contributed by atoms with Gasteiger partial charge in [-0.1, -0.05) is 29.3 Å².